The first-order valence-electron chi connectivity index (χ1n) is 10.6. The first-order chi connectivity index (χ1) is 16.7. The van der Waals surface area contributed by atoms with Crippen molar-refractivity contribution in [2.75, 3.05) is 36.9 Å². The quantitative estimate of drug-likeness (QED) is 0.436. The van der Waals surface area contributed by atoms with Crippen molar-refractivity contribution in [3.8, 4) is 5.88 Å². The molecule has 0 aromatic carbocycles. The van der Waals surface area contributed by atoms with Gasteiger partial charge in [0.2, 0.25) is 5.88 Å². The SMILES string of the molecule is Cc1nsc(Nc2cnc(C(F)(F)F)cn2)c1C(=O)Nc1ccc(OC2CCN(CCF)C2)nc1. The summed E-state index contributed by atoms with van der Waals surface area (Å²) in [6, 6.07) is 3.27. The van der Waals surface area contributed by atoms with E-state index in [9.17, 15) is 22.4 Å². The highest BCUT2D eigenvalue weighted by Crippen LogP contribution is 2.30. The number of likely N-dealkylation sites (tertiary alicyclic amines) is 1. The van der Waals surface area contributed by atoms with Crippen LogP contribution in [-0.4, -0.2) is 62.5 Å². The number of anilines is 3. The second kappa shape index (κ2) is 10.5. The molecule has 186 valence electrons. The van der Waals surface area contributed by atoms with E-state index < -0.39 is 24.5 Å². The molecule has 9 nitrogen and oxygen atoms in total. The molecule has 3 aromatic rings. The number of nitrogens with zero attached hydrogens (tertiary/aromatic N) is 5. The number of carbonyl (C=O) groups excluding carboxylic acids is 1. The van der Waals surface area contributed by atoms with E-state index in [2.05, 4.69) is 30.0 Å². The molecule has 0 saturated carbocycles. The Bertz CT molecular complexity index is 1160. The van der Waals surface area contributed by atoms with Crippen LogP contribution in [0.4, 0.5) is 34.1 Å². The van der Waals surface area contributed by atoms with E-state index in [0.29, 0.717) is 41.5 Å². The lowest BCUT2D eigenvalue weighted by Crippen LogP contribution is -2.26. The fourth-order valence-electron chi connectivity index (χ4n) is 3.48. The summed E-state index contributed by atoms with van der Waals surface area (Å²) < 4.78 is 60.5. The molecule has 1 unspecified atom stereocenters. The second-order valence-corrected chi connectivity index (χ2v) is 8.51. The molecule has 1 amide bonds. The van der Waals surface area contributed by atoms with Gasteiger partial charge in [0.25, 0.3) is 5.91 Å². The highest BCUT2D eigenvalue weighted by atomic mass is 32.1. The molecule has 4 rings (SSSR count). The van der Waals surface area contributed by atoms with Gasteiger partial charge in [0.05, 0.1) is 35.5 Å². The zero-order valence-electron chi connectivity index (χ0n) is 18.5. The Morgan fingerprint density at radius 3 is 2.71 bits per heavy atom. The topological polar surface area (TPSA) is 105 Å². The minimum atomic E-state index is -4.60. The predicted molar refractivity (Wildman–Crippen MR) is 121 cm³/mol. The van der Waals surface area contributed by atoms with Crippen LogP contribution >= 0.6 is 11.5 Å². The molecule has 0 aliphatic carbocycles. The summed E-state index contributed by atoms with van der Waals surface area (Å²) in [6.45, 7) is 3.03. The molecule has 1 saturated heterocycles. The van der Waals surface area contributed by atoms with Crippen molar-refractivity contribution in [2.24, 2.45) is 0 Å². The predicted octanol–water partition coefficient (Wildman–Crippen LogP) is 4.07. The molecule has 0 radical (unpaired) electrons. The lowest BCUT2D eigenvalue weighted by molar-refractivity contribution is -0.141. The number of nitrogens with one attached hydrogen (secondary N) is 2. The highest BCUT2D eigenvalue weighted by Gasteiger charge is 2.33. The Labute approximate surface area is 201 Å². The number of carbonyl (C=O) groups is 1. The Hall–Kier alpha value is -3.39. The van der Waals surface area contributed by atoms with Crippen LogP contribution in [0.2, 0.25) is 0 Å². The van der Waals surface area contributed by atoms with E-state index in [1.165, 1.54) is 6.20 Å². The Morgan fingerprint density at radius 1 is 1.23 bits per heavy atom. The van der Waals surface area contributed by atoms with Crippen LogP contribution in [-0.2, 0) is 6.18 Å². The number of pyridine rings is 1. The molecule has 1 aliphatic rings. The van der Waals surface area contributed by atoms with Crippen molar-refractivity contribution in [3.63, 3.8) is 0 Å². The number of rotatable bonds is 8. The summed E-state index contributed by atoms with van der Waals surface area (Å²) in [4.78, 5) is 26.2. The summed E-state index contributed by atoms with van der Waals surface area (Å²) >= 11 is 0.968. The van der Waals surface area contributed by atoms with Gasteiger partial charge in [-0.1, -0.05) is 0 Å². The molecule has 14 heteroatoms. The normalized spacial score (nSPS) is 16.3. The number of aryl methyl sites for hydroxylation is 1. The third-order valence-corrected chi connectivity index (χ3v) is 6.04. The molecule has 1 fully saturated rings. The van der Waals surface area contributed by atoms with E-state index in [-0.39, 0.29) is 17.5 Å². The van der Waals surface area contributed by atoms with Gasteiger partial charge in [-0.3, -0.25) is 9.69 Å². The summed E-state index contributed by atoms with van der Waals surface area (Å²) in [5.41, 5.74) is -0.0528. The number of aromatic nitrogens is 4. The number of amides is 1. The third kappa shape index (κ3) is 6.19. The average Bonchev–Trinajstić information content (AvgIpc) is 3.41. The minimum Gasteiger partial charge on any atom is -0.473 e. The van der Waals surface area contributed by atoms with Gasteiger partial charge in [0, 0.05) is 25.7 Å². The summed E-state index contributed by atoms with van der Waals surface area (Å²) in [5, 5.41) is 5.82. The molecule has 0 bridgehead atoms. The third-order valence-electron chi connectivity index (χ3n) is 5.19. The maximum absolute atomic E-state index is 12.9. The van der Waals surface area contributed by atoms with Crippen LogP contribution in [0.3, 0.4) is 0 Å². The smallest absolute Gasteiger partial charge is 0.434 e. The van der Waals surface area contributed by atoms with Gasteiger partial charge in [-0.25, -0.2) is 19.3 Å². The first kappa shape index (κ1) is 24.7. The largest absolute Gasteiger partial charge is 0.473 e. The van der Waals surface area contributed by atoms with Crippen molar-refractivity contribution >= 4 is 33.9 Å². The van der Waals surface area contributed by atoms with E-state index in [1.807, 2.05) is 4.90 Å². The number of hydrogen-bond acceptors (Lipinski definition) is 9. The van der Waals surface area contributed by atoms with Crippen LogP contribution in [0.1, 0.15) is 28.2 Å². The van der Waals surface area contributed by atoms with Crippen molar-refractivity contribution < 1.29 is 27.1 Å². The summed E-state index contributed by atoms with van der Waals surface area (Å²) in [7, 11) is 0. The van der Waals surface area contributed by atoms with Crippen molar-refractivity contribution in [3.05, 3.63) is 47.7 Å². The lowest BCUT2D eigenvalue weighted by atomic mass is 10.2. The average molecular weight is 512 g/mol. The van der Waals surface area contributed by atoms with Crippen molar-refractivity contribution in [1.29, 1.82) is 0 Å². The maximum atomic E-state index is 12.9. The van der Waals surface area contributed by atoms with Gasteiger partial charge in [0.1, 0.15) is 23.6 Å². The number of hydrogen-bond donors (Lipinski definition) is 2. The molecule has 2 N–H and O–H groups in total. The highest BCUT2D eigenvalue weighted by molar-refractivity contribution is 7.10. The zero-order chi connectivity index (χ0) is 25.0. The molecule has 35 heavy (non-hydrogen) atoms. The fraction of sp³-hybridized carbons (Fsp3) is 0.381. The Balaban J connectivity index is 1.38. The molecule has 1 atom stereocenters. The van der Waals surface area contributed by atoms with Gasteiger partial charge >= 0.3 is 6.18 Å². The Kier molecular flexibility index (Phi) is 7.40. The molecule has 0 spiro atoms. The summed E-state index contributed by atoms with van der Waals surface area (Å²) in [5.74, 6) is -0.0469. The fourth-order valence-corrected chi connectivity index (χ4v) is 4.28. The van der Waals surface area contributed by atoms with E-state index in [1.54, 1.807) is 19.1 Å². The van der Waals surface area contributed by atoms with Gasteiger partial charge < -0.3 is 15.4 Å². The number of halogens is 4. The molecular weight excluding hydrogens is 490 g/mol. The standard InChI is InChI=1S/C21H21F4N7O2S/c1-12-18(20(35-31-12)30-16-10-26-15(9-27-16)21(23,24)25)19(33)29-13-2-3-17(28-8-13)34-14-4-6-32(11-14)7-5-22/h2-3,8-10,14H,4-7,11H2,1H3,(H,27,30)(H,29,33). The first-order valence-corrected chi connectivity index (χ1v) is 11.3. The molecule has 3 aromatic heterocycles. The minimum absolute atomic E-state index is 0.0378. The molecule has 4 heterocycles. The van der Waals surface area contributed by atoms with Crippen LogP contribution in [0.5, 0.6) is 5.88 Å². The van der Waals surface area contributed by atoms with E-state index >= 15 is 0 Å². The number of alkyl halides is 4. The zero-order valence-corrected chi connectivity index (χ0v) is 19.3. The van der Waals surface area contributed by atoms with Gasteiger partial charge in [0.15, 0.2) is 5.69 Å². The lowest BCUT2D eigenvalue weighted by Gasteiger charge is -2.15. The number of ether oxygens (including phenoxy) is 1. The Morgan fingerprint density at radius 2 is 2.06 bits per heavy atom. The van der Waals surface area contributed by atoms with Gasteiger partial charge in [-0.15, -0.1) is 0 Å². The van der Waals surface area contributed by atoms with Crippen LogP contribution in [0, 0.1) is 6.92 Å². The van der Waals surface area contributed by atoms with E-state index in [4.69, 9.17) is 4.74 Å². The van der Waals surface area contributed by atoms with Gasteiger partial charge in [-0.2, -0.15) is 17.5 Å². The van der Waals surface area contributed by atoms with Crippen LogP contribution in [0.15, 0.2) is 30.7 Å². The van der Waals surface area contributed by atoms with Crippen molar-refractivity contribution in [1.82, 2.24) is 24.2 Å². The monoisotopic (exact) mass is 511 g/mol. The van der Waals surface area contributed by atoms with Crippen LogP contribution in [0.25, 0.3) is 0 Å². The van der Waals surface area contributed by atoms with Gasteiger partial charge in [-0.05, 0) is 30.9 Å². The van der Waals surface area contributed by atoms with Crippen molar-refractivity contribution in [2.45, 2.75) is 25.6 Å². The molecule has 1 aliphatic heterocycles. The maximum Gasteiger partial charge on any atom is 0.434 e. The molecular formula is C21H21F4N7O2S. The second-order valence-electron chi connectivity index (χ2n) is 7.74. The van der Waals surface area contributed by atoms with E-state index in [0.717, 1.165) is 30.7 Å². The summed E-state index contributed by atoms with van der Waals surface area (Å²) in [6.07, 6.45) is -0.900. The van der Waals surface area contributed by atoms with Crippen LogP contribution < -0.4 is 15.4 Å².